The van der Waals surface area contributed by atoms with E-state index in [-0.39, 0.29) is 19.7 Å². The smallest absolute Gasteiger partial charge is 0.407 e. The molecule has 11 nitrogen and oxygen atoms in total. The van der Waals surface area contributed by atoms with E-state index in [1.807, 2.05) is 103 Å². The molecule has 0 aliphatic heterocycles. The second-order valence-corrected chi connectivity index (χ2v) is 11.3. The van der Waals surface area contributed by atoms with Gasteiger partial charge in [-0.25, -0.2) is 14.6 Å². The third kappa shape index (κ3) is 11.1. The van der Waals surface area contributed by atoms with Crippen molar-refractivity contribution in [2.75, 3.05) is 13.7 Å². The number of methoxy groups -OCH3 is 1. The number of nitrogens with zero attached hydrogens (tertiary/aromatic N) is 2. The molecule has 0 saturated heterocycles. The Morgan fingerprint density at radius 2 is 1.48 bits per heavy atom. The van der Waals surface area contributed by atoms with Crippen LogP contribution in [0.15, 0.2) is 121 Å². The Hall–Kier alpha value is -5.52. The van der Waals surface area contributed by atoms with Gasteiger partial charge >= 0.3 is 12.2 Å². The molecule has 0 saturated carbocycles. The summed E-state index contributed by atoms with van der Waals surface area (Å²) in [4.78, 5) is 42.8. The molecule has 0 spiro atoms. The lowest BCUT2D eigenvalue weighted by atomic mass is 10.0. The summed E-state index contributed by atoms with van der Waals surface area (Å²) >= 11 is 0. The van der Waals surface area contributed by atoms with Gasteiger partial charge in [0.2, 0.25) is 0 Å². The van der Waals surface area contributed by atoms with E-state index in [0.29, 0.717) is 12.0 Å². The molecule has 0 aliphatic carbocycles. The fourth-order valence-corrected chi connectivity index (χ4v) is 4.91. The van der Waals surface area contributed by atoms with Gasteiger partial charge < -0.3 is 25.2 Å². The lowest BCUT2D eigenvalue weighted by Crippen LogP contribution is -2.56. The molecular weight excluding hydrogens is 610 g/mol. The van der Waals surface area contributed by atoms with Crippen molar-refractivity contribution in [1.82, 2.24) is 26.1 Å². The summed E-state index contributed by atoms with van der Waals surface area (Å²) in [6.45, 7) is 5.60. The number of benzene rings is 3. The van der Waals surface area contributed by atoms with Gasteiger partial charge in [-0.05, 0) is 47.7 Å². The van der Waals surface area contributed by atoms with Crippen LogP contribution in [0.5, 0.6) is 0 Å². The van der Waals surface area contributed by atoms with Crippen LogP contribution in [0.3, 0.4) is 0 Å². The maximum Gasteiger partial charge on any atom is 0.407 e. The van der Waals surface area contributed by atoms with Crippen LogP contribution in [0.2, 0.25) is 0 Å². The van der Waals surface area contributed by atoms with E-state index in [9.17, 15) is 19.5 Å². The molecule has 3 aromatic carbocycles. The summed E-state index contributed by atoms with van der Waals surface area (Å²) in [6.07, 6.45) is -0.638. The van der Waals surface area contributed by atoms with E-state index in [0.717, 1.165) is 27.9 Å². The predicted molar refractivity (Wildman–Crippen MR) is 182 cm³/mol. The molecule has 4 rings (SSSR count). The number of nitrogens with one attached hydrogen (secondary N) is 3. The number of rotatable bonds is 15. The van der Waals surface area contributed by atoms with Gasteiger partial charge in [0.1, 0.15) is 12.6 Å². The fraction of sp³-hybridized carbons (Fsp3) is 0.243. The van der Waals surface area contributed by atoms with E-state index < -0.39 is 36.3 Å². The minimum Gasteiger partial charge on any atom is -0.453 e. The molecule has 11 heteroatoms. The van der Waals surface area contributed by atoms with Crippen LogP contribution in [-0.2, 0) is 33.8 Å². The third-order valence-electron chi connectivity index (χ3n) is 7.45. The molecule has 0 unspecified atom stereocenters. The first-order valence-electron chi connectivity index (χ1n) is 15.5. The van der Waals surface area contributed by atoms with Gasteiger partial charge in [-0.1, -0.05) is 97.6 Å². The molecule has 1 heterocycles. The molecule has 0 radical (unpaired) electrons. The van der Waals surface area contributed by atoms with Crippen LogP contribution < -0.4 is 16.1 Å². The summed E-state index contributed by atoms with van der Waals surface area (Å²) in [6, 6.07) is 30.1. The average molecular weight is 652 g/mol. The number of carbonyl (C=O) groups excluding carboxylic acids is 3. The first-order chi connectivity index (χ1) is 23.2. The second-order valence-electron chi connectivity index (χ2n) is 11.3. The van der Waals surface area contributed by atoms with Crippen molar-refractivity contribution in [3.8, 4) is 11.3 Å². The normalized spacial score (nSPS) is 12.7. The van der Waals surface area contributed by atoms with Gasteiger partial charge in [0.25, 0.3) is 5.91 Å². The number of alkyl carbamates (subject to hydrolysis) is 2. The van der Waals surface area contributed by atoms with Gasteiger partial charge in [0.15, 0.2) is 0 Å². The van der Waals surface area contributed by atoms with Gasteiger partial charge in [0, 0.05) is 24.8 Å². The number of hydrazine groups is 1. The number of aliphatic hydroxyl groups excluding tert-OH is 1. The summed E-state index contributed by atoms with van der Waals surface area (Å²) in [7, 11) is 1.20. The van der Waals surface area contributed by atoms with E-state index in [1.165, 1.54) is 12.1 Å². The fourth-order valence-electron chi connectivity index (χ4n) is 4.91. The highest BCUT2D eigenvalue weighted by molar-refractivity contribution is 5.88. The van der Waals surface area contributed by atoms with Crippen LogP contribution in [0, 0.1) is 0 Å². The SMILES string of the molecule is C=C(C)[C@@H](NC(=O)OC)C(=O)NN(Cc1ccc(-c2ccccn2)cc1)C[C@H](O)[C@H](Cc1ccccc1)NC(=O)OCc1ccccc1. The van der Waals surface area contributed by atoms with Gasteiger partial charge in [-0.15, -0.1) is 0 Å². The third-order valence-corrected chi connectivity index (χ3v) is 7.45. The van der Waals surface area contributed by atoms with Crippen molar-refractivity contribution in [3.63, 3.8) is 0 Å². The summed E-state index contributed by atoms with van der Waals surface area (Å²) in [5.41, 5.74) is 7.46. The number of pyridine rings is 1. The van der Waals surface area contributed by atoms with E-state index in [1.54, 1.807) is 13.1 Å². The van der Waals surface area contributed by atoms with Crippen molar-refractivity contribution in [2.45, 2.75) is 44.7 Å². The largest absolute Gasteiger partial charge is 0.453 e. The monoisotopic (exact) mass is 651 g/mol. The molecule has 4 N–H and O–H groups in total. The molecule has 3 atom stereocenters. The van der Waals surface area contributed by atoms with Crippen molar-refractivity contribution in [2.24, 2.45) is 0 Å². The Morgan fingerprint density at radius 1 is 0.833 bits per heavy atom. The van der Waals surface area contributed by atoms with Crippen molar-refractivity contribution in [3.05, 3.63) is 138 Å². The molecule has 1 aromatic heterocycles. The van der Waals surface area contributed by atoms with Crippen LogP contribution in [-0.4, -0.2) is 65.0 Å². The molecule has 48 heavy (non-hydrogen) atoms. The molecule has 0 bridgehead atoms. The Kier molecular flexibility index (Phi) is 13.2. The highest BCUT2D eigenvalue weighted by atomic mass is 16.5. The molecule has 0 fully saturated rings. The number of aliphatic hydroxyl groups is 1. The van der Waals surface area contributed by atoms with Crippen LogP contribution in [0.1, 0.15) is 23.6 Å². The lowest BCUT2D eigenvalue weighted by Gasteiger charge is -2.31. The average Bonchev–Trinajstić information content (AvgIpc) is 3.10. The maximum atomic E-state index is 13.5. The Balaban J connectivity index is 1.54. The number of carbonyl (C=O) groups is 3. The van der Waals surface area contributed by atoms with Crippen LogP contribution in [0.25, 0.3) is 11.3 Å². The van der Waals surface area contributed by atoms with Gasteiger partial charge in [0.05, 0.1) is 24.9 Å². The first kappa shape index (κ1) is 35.3. The van der Waals surface area contributed by atoms with Crippen LogP contribution in [0.4, 0.5) is 9.59 Å². The zero-order chi connectivity index (χ0) is 34.3. The van der Waals surface area contributed by atoms with E-state index >= 15 is 0 Å². The standard InChI is InChI=1S/C37H41N5O6/c1-26(2)34(40-36(45)47-3)35(44)41-42(23-28-17-19-30(20-18-28)31-16-10-11-21-38-31)24-33(43)32(22-27-12-6-4-7-13-27)39-37(46)48-25-29-14-8-5-9-15-29/h4-21,32-34,43H,1,22-25H2,2-3H3,(H,39,46)(H,40,45)(H,41,44)/t32-,33-,34+/m0/s1. The summed E-state index contributed by atoms with van der Waals surface area (Å²) < 4.78 is 10.1. The highest BCUT2D eigenvalue weighted by Crippen LogP contribution is 2.18. The first-order valence-corrected chi connectivity index (χ1v) is 15.5. The minimum absolute atomic E-state index is 0.0625. The maximum absolute atomic E-state index is 13.5. The summed E-state index contributed by atoms with van der Waals surface area (Å²) in [5, 5.41) is 18.4. The molecule has 3 amide bonds. The number of ether oxygens (including phenoxy) is 2. The summed E-state index contributed by atoms with van der Waals surface area (Å²) in [5.74, 6) is -0.583. The quantitative estimate of drug-likeness (QED) is 0.106. The van der Waals surface area contributed by atoms with Crippen molar-refractivity contribution < 1.29 is 29.0 Å². The number of aromatic nitrogens is 1. The minimum atomic E-state index is -1.17. The van der Waals surface area contributed by atoms with Crippen LogP contribution >= 0.6 is 0 Å². The van der Waals surface area contributed by atoms with Gasteiger partial charge in [-0.3, -0.25) is 15.2 Å². The van der Waals surface area contributed by atoms with Crippen molar-refractivity contribution in [1.29, 1.82) is 0 Å². The molecule has 4 aromatic rings. The topological polar surface area (TPSA) is 142 Å². The Bertz CT molecular complexity index is 1620. The Labute approximate surface area is 280 Å². The number of hydrogen-bond donors (Lipinski definition) is 4. The Morgan fingerprint density at radius 3 is 2.08 bits per heavy atom. The molecule has 250 valence electrons. The highest BCUT2D eigenvalue weighted by Gasteiger charge is 2.28. The zero-order valence-electron chi connectivity index (χ0n) is 27.0. The number of amides is 3. The molecular formula is C37H41N5O6. The predicted octanol–water partition coefficient (Wildman–Crippen LogP) is 4.78. The zero-order valence-corrected chi connectivity index (χ0v) is 27.0. The van der Waals surface area contributed by atoms with E-state index in [2.05, 4.69) is 32.4 Å². The van der Waals surface area contributed by atoms with Crippen molar-refractivity contribution >= 4 is 18.1 Å². The lowest BCUT2D eigenvalue weighted by molar-refractivity contribution is -0.128. The molecule has 0 aliphatic rings. The van der Waals surface area contributed by atoms with Gasteiger partial charge in [-0.2, -0.15) is 0 Å². The second kappa shape index (κ2) is 18.0. The number of hydrogen-bond acceptors (Lipinski definition) is 8. The van der Waals surface area contributed by atoms with E-state index in [4.69, 9.17) is 4.74 Å².